The number of morpholine rings is 1. The minimum Gasteiger partial charge on any atom is -0.506 e. The molecule has 117 heavy (non-hydrogen) atoms. The zero-order valence-corrected chi connectivity index (χ0v) is 70.3. The van der Waals surface area contributed by atoms with Crippen LogP contribution in [-0.4, -0.2) is 139 Å². The Morgan fingerprint density at radius 1 is 0.530 bits per heavy atom. The minimum atomic E-state index is -0.128. The van der Waals surface area contributed by atoms with Crippen LogP contribution < -0.4 is 73.3 Å². The van der Waals surface area contributed by atoms with Crippen LogP contribution in [0.2, 0.25) is 0 Å². The number of ether oxygens (including phenoxy) is 4. The molecule has 12 aromatic rings. The van der Waals surface area contributed by atoms with Crippen LogP contribution in [0.25, 0.3) is 69.5 Å². The van der Waals surface area contributed by atoms with E-state index >= 15 is 0 Å². The maximum atomic E-state index is 13.0. The van der Waals surface area contributed by atoms with Crippen molar-refractivity contribution >= 4 is 81.1 Å². The second-order valence-corrected chi connectivity index (χ2v) is 31.9. The van der Waals surface area contributed by atoms with E-state index in [0.29, 0.717) is 11.1 Å². The van der Waals surface area contributed by atoms with Gasteiger partial charge in [0, 0.05) is 123 Å². The second-order valence-electron chi connectivity index (χ2n) is 31.9. The summed E-state index contributed by atoms with van der Waals surface area (Å²) in [6.45, 7) is 34.2. The summed E-state index contributed by atoms with van der Waals surface area (Å²) < 4.78 is 25.3. The molecule has 17 rings (SSSR count). The number of fused-ring (bicyclic) bond motifs is 4. The number of aryl methyl sites for hydroxylation is 8. The molecule has 0 saturated carbocycles. The van der Waals surface area contributed by atoms with Crippen molar-refractivity contribution in [2.75, 3.05) is 60.6 Å². The van der Waals surface area contributed by atoms with Gasteiger partial charge in [-0.05, 0) is 228 Å². The van der Waals surface area contributed by atoms with Crippen LogP contribution in [0.1, 0.15) is 133 Å². The van der Waals surface area contributed by atoms with Crippen molar-refractivity contribution in [2.24, 2.45) is 25.9 Å². The lowest BCUT2D eigenvalue weighted by molar-refractivity contribution is 0.0390. The van der Waals surface area contributed by atoms with Crippen molar-refractivity contribution < 1.29 is 28.8 Å². The largest absolute Gasteiger partial charge is 0.506 e. The van der Waals surface area contributed by atoms with Gasteiger partial charge in [0.05, 0.1) is 115 Å². The van der Waals surface area contributed by atoms with E-state index in [0.717, 1.165) is 214 Å². The predicted molar refractivity (Wildman–Crippen MR) is 470 cm³/mol. The number of carbonyl (C=O) groups is 1. The molecule has 602 valence electrons. The summed E-state index contributed by atoms with van der Waals surface area (Å²) in [5, 5.41) is 23.2. The fraction of sp³-hybridized carbons (Fsp3) is 0.289. The van der Waals surface area contributed by atoms with Gasteiger partial charge in [0.1, 0.15) is 28.7 Å². The number of nitrogens with zero attached hydrogens (tertiary/aromatic N) is 7. The molecule has 4 aromatic carbocycles. The smallest absolute Gasteiger partial charge is 0.234 e. The number of aromatic hydroxyl groups is 1. The van der Waals surface area contributed by atoms with E-state index in [1.54, 1.807) is 17.7 Å². The Morgan fingerprint density at radius 2 is 1.01 bits per heavy atom. The number of aliphatic imine (C=N–C) groups is 1. The second kappa shape index (κ2) is 35.3. The molecular formula is C97H108N14O6. The van der Waals surface area contributed by atoms with E-state index in [1.165, 1.54) is 32.7 Å². The van der Waals surface area contributed by atoms with Crippen LogP contribution >= 0.6 is 0 Å². The molecule has 1 saturated heterocycles. The first-order chi connectivity index (χ1) is 56.3. The summed E-state index contributed by atoms with van der Waals surface area (Å²) in [5.74, 6) is 2.52. The first kappa shape index (κ1) is 81.1. The van der Waals surface area contributed by atoms with Gasteiger partial charge in [-0.25, -0.2) is 20.0 Å². The Kier molecular flexibility index (Phi) is 24.5. The lowest BCUT2D eigenvalue weighted by atomic mass is 10.1. The minimum absolute atomic E-state index is 0.0459. The molecule has 1 fully saturated rings. The van der Waals surface area contributed by atoms with Crippen LogP contribution in [-0.2, 0) is 9.47 Å². The molecule has 13 heterocycles. The normalized spacial score (nSPS) is 16.5. The Hall–Kier alpha value is -12.5. The Bertz CT molecular complexity index is 6680. The molecule has 5 aliphatic rings. The van der Waals surface area contributed by atoms with E-state index in [2.05, 4.69) is 217 Å². The quantitative estimate of drug-likeness (QED) is 0.0435. The summed E-state index contributed by atoms with van der Waals surface area (Å²) in [5.41, 5.74) is 22.0. The molecule has 8 N–H and O–H groups in total. The fourth-order valence-corrected chi connectivity index (χ4v) is 15.4. The molecule has 20 nitrogen and oxygen atoms in total. The van der Waals surface area contributed by atoms with Gasteiger partial charge in [-0.3, -0.25) is 14.3 Å². The first-order valence-electron chi connectivity index (χ1n) is 40.5. The van der Waals surface area contributed by atoms with E-state index in [-0.39, 0.29) is 29.8 Å². The highest BCUT2D eigenvalue weighted by Gasteiger charge is 2.26. The van der Waals surface area contributed by atoms with Crippen LogP contribution in [0, 0.1) is 61.3 Å². The number of H-pyrrole nitrogens is 7. The SMILES string of the molecule is COC1=CC(c2cc3ccccc3n2C(=O)C(C)C)=N/C1=C\c1[nH]c(C)cc1C.Cc1cc(C)c(/C=c2\[nH]c(=C3C=c4ccccc4=N3)cc2O)[nH]1.Cc1cc(C)c(/C=c2\[nH]c(=C3N=c4ccccc4=C3CCN(C)C)cc2OC(C)C)[nH]1.Cc1cc(C)c(/C=c2\[nH]c(=C3N=c4ccccc4=C3CCN3CCOCC3)cc2OC(C)C)[nH]1. The molecule has 20 heteroatoms. The molecule has 5 aliphatic heterocycles. The van der Waals surface area contributed by atoms with E-state index < -0.39 is 0 Å². The van der Waals surface area contributed by atoms with Crippen molar-refractivity contribution in [1.82, 2.24) is 49.3 Å². The van der Waals surface area contributed by atoms with Gasteiger partial charge >= 0.3 is 0 Å². The number of benzene rings is 4. The summed E-state index contributed by atoms with van der Waals surface area (Å²) in [7, 11) is 5.85. The zero-order valence-electron chi connectivity index (χ0n) is 70.3. The Balaban J connectivity index is 0.000000129. The predicted octanol–water partition coefficient (Wildman–Crippen LogP) is 9.98. The molecule has 0 amide bonds. The van der Waals surface area contributed by atoms with Crippen LogP contribution in [0.3, 0.4) is 0 Å². The van der Waals surface area contributed by atoms with Crippen molar-refractivity contribution in [1.29, 1.82) is 0 Å². The third kappa shape index (κ3) is 18.6. The number of hydrogen-bond donors (Lipinski definition) is 8. The number of aromatic amines is 7. The van der Waals surface area contributed by atoms with Crippen LogP contribution in [0.4, 0.5) is 0 Å². The van der Waals surface area contributed by atoms with Crippen molar-refractivity contribution in [3.05, 3.63) is 300 Å². The highest BCUT2D eigenvalue weighted by atomic mass is 16.5. The van der Waals surface area contributed by atoms with Gasteiger partial charge in [0.15, 0.2) is 0 Å². The highest BCUT2D eigenvalue weighted by Crippen LogP contribution is 2.31. The number of rotatable bonds is 17. The molecule has 0 bridgehead atoms. The maximum Gasteiger partial charge on any atom is 0.234 e. The molecule has 0 atom stereocenters. The summed E-state index contributed by atoms with van der Waals surface area (Å²) >= 11 is 0. The number of carbonyl (C=O) groups excluding carboxylic acids is 1. The van der Waals surface area contributed by atoms with Crippen LogP contribution in [0.15, 0.2) is 183 Å². The van der Waals surface area contributed by atoms with Crippen molar-refractivity contribution in [2.45, 2.75) is 122 Å². The number of para-hydroxylation sites is 4. The average Bonchev–Trinajstić information content (AvgIpc) is 1.62. The Morgan fingerprint density at radius 3 is 1.50 bits per heavy atom. The van der Waals surface area contributed by atoms with Crippen molar-refractivity contribution in [3.63, 3.8) is 0 Å². The third-order valence-corrected chi connectivity index (χ3v) is 21.1. The summed E-state index contributed by atoms with van der Waals surface area (Å²) in [6.07, 6.45) is 14.2. The van der Waals surface area contributed by atoms with Crippen molar-refractivity contribution in [3.8, 4) is 17.2 Å². The first-order valence-corrected chi connectivity index (χ1v) is 40.5. The number of allylic oxidation sites excluding steroid dienone is 1. The topological polar surface area (TPSA) is 246 Å². The molecule has 8 aromatic heterocycles. The number of aromatic nitrogens is 8. The molecule has 0 aliphatic carbocycles. The standard InChI is InChI=1S/C28H34N4O2.C26H32N4O.C24H25N3O2.C19H17N3O/c1-18(2)34-27-17-26(30-25(27)16-24-19(3)15-20(4)29-24)28-22(9-10-32-11-13-33-14-12-32)21-7-5-6-8-23(21)31-28;1-16(2)31-25-15-24(28-23(25)14-22-17(3)13-18(4)27-22)26-20(11-12-30(5)6)19-9-7-8-10-21(19)29-26;1-14(2)24(28)27-21-9-7-6-8-17(21)11-22(27)19-13-23(29-5)20(26-19)12-18-15(3)10-16(4)25-18;1-11-7-12(2)20-15(11)9-18-19(23)10-17(22-18)16-8-13-5-3-4-6-14(13)21-16/h5-8,15-18,29-30H,9-14H2,1-4H3;7-10,13-16,27-28H,11-12H2,1-6H3;6-14,25H,1-5H3;3-10,20,22-23H,1-2H3/b25-16-,28-26?;23-14-,26-24?;20-12-;17-16?,18-9-. The Labute approximate surface area is 681 Å². The fourth-order valence-electron chi connectivity index (χ4n) is 15.4. The third-order valence-electron chi connectivity index (χ3n) is 21.1. The molecular weight excluding hydrogens is 1460 g/mol. The van der Waals surface area contributed by atoms with E-state index in [1.807, 2.05) is 120 Å². The van der Waals surface area contributed by atoms with Crippen LogP contribution in [0.5, 0.6) is 17.2 Å². The van der Waals surface area contributed by atoms with Gasteiger partial charge in [0.25, 0.3) is 0 Å². The highest BCUT2D eigenvalue weighted by molar-refractivity contribution is 6.16. The van der Waals surface area contributed by atoms with Gasteiger partial charge in [-0.15, -0.1) is 0 Å². The molecule has 0 spiro atoms. The van der Waals surface area contributed by atoms with Gasteiger partial charge in [0.2, 0.25) is 5.91 Å². The lowest BCUT2D eigenvalue weighted by Gasteiger charge is -2.26. The monoisotopic (exact) mass is 1560 g/mol. The zero-order chi connectivity index (χ0) is 82.5. The average molecular weight is 1570 g/mol. The maximum absolute atomic E-state index is 13.0. The number of methoxy groups -OCH3 is 1. The van der Waals surface area contributed by atoms with Gasteiger partial charge in [-0.2, -0.15) is 0 Å². The number of hydrogen-bond acceptors (Lipinski definition) is 12. The van der Waals surface area contributed by atoms with Gasteiger partial charge < -0.3 is 63.8 Å². The summed E-state index contributed by atoms with van der Waals surface area (Å²) in [6, 6.07) is 49.2. The van der Waals surface area contributed by atoms with Gasteiger partial charge in [-0.1, -0.05) is 86.6 Å². The lowest BCUT2D eigenvalue weighted by Crippen LogP contribution is -2.37. The molecule has 0 radical (unpaired) electrons. The summed E-state index contributed by atoms with van der Waals surface area (Å²) in [4.78, 5) is 61.2. The number of nitrogens with one attached hydrogen (secondary N) is 7. The van der Waals surface area contributed by atoms with E-state index in [4.69, 9.17) is 33.9 Å². The molecule has 0 unspecified atom stereocenters. The van der Waals surface area contributed by atoms with E-state index in [9.17, 15) is 9.90 Å².